The molecule has 4 rings (SSSR count). The second-order valence-electron chi connectivity index (χ2n) is 8.66. The van der Waals surface area contributed by atoms with Crippen LogP contribution in [0.15, 0.2) is 66.9 Å². The van der Waals surface area contributed by atoms with Crippen LogP contribution in [0, 0.1) is 0 Å². The molecule has 0 bridgehead atoms. The number of halogens is 3. The van der Waals surface area contributed by atoms with Gasteiger partial charge >= 0.3 is 12.1 Å². The quantitative estimate of drug-likeness (QED) is 0.426. The molecule has 194 valence electrons. The van der Waals surface area contributed by atoms with E-state index in [0.29, 0.717) is 31.0 Å². The van der Waals surface area contributed by atoms with Gasteiger partial charge in [-0.3, -0.25) is 9.59 Å². The van der Waals surface area contributed by atoms with Gasteiger partial charge in [0.25, 0.3) is 0 Å². The molecule has 0 saturated carbocycles. The number of piperazine rings is 1. The minimum absolute atomic E-state index is 0.0126. The van der Waals surface area contributed by atoms with Gasteiger partial charge in [-0.1, -0.05) is 30.3 Å². The Morgan fingerprint density at radius 3 is 2.27 bits per heavy atom. The maximum Gasteiger partial charge on any atom is 0.471 e. The average molecular weight is 513 g/mol. The lowest BCUT2D eigenvalue weighted by Crippen LogP contribution is -2.52. The molecular formula is C26H27F3N6O2. The maximum atomic E-state index is 12.7. The molecular weight excluding hydrogens is 485 g/mol. The largest absolute Gasteiger partial charge is 0.471 e. The van der Waals surface area contributed by atoms with Crippen LogP contribution in [0.2, 0.25) is 0 Å². The molecule has 0 spiro atoms. The summed E-state index contributed by atoms with van der Waals surface area (Å²) in [5.74, 6) is -1.68. The fourth-order valence-electron chi connectivity index (χ4n) is 4.09. The first-order valence-electron chi connectivity index (χ1n) is 11.7. The molecule has 1 aromatic heterocycles. The first kappa shape index (κ1) is 25.8. The van der Waals surface area contributed by atoms with Crippen LogP contribution in [0.1, 0.15) is 11.1 Å². The Kier molecular flexibility index (Phi) is 7.80. The molecule has 8 nitrogen and oxygen atoms in total. The standard InChI is InChI=1S/C26H27F3N6O2/c27-26(28,29)25(37)35-12-10-34(11-13-35)21-8-6-20(7-9-21)33-24-15-22(19(17-32-24)14-23(30)36)31-16-18-4-2-1-3-5-18/h1-9,15,17H,10-14,16H2,(H2,30,36)(H2,31,32,33). The highest BCUT2D eigenvalue weighted by Gasteiger charge is 2.43. The van der Waals surface area contributed by atoms with E-state index in [2.05, 4.69) is 15.6 Å². The van der Waals surface area contributed by atoms with Crippen molar-refractivity contribution in [3.05, 3.63) is 78.0 Å². The summed E-state index contributed by atoms with van der Waals surface area (Å²) in [7, 11) is 0. The van der Waals surface area contributed by atoms with Crippen LogP contribution in [0.5, 0.6) is 0 Å². The van der Waals surface area contributed by atoms with Gasteiger partial charge in [0.2, 0.25) is 5.91 Å². The van der Waals surface area contributed by atoms with Crippen LogP contribution in [-0.4, -0.2) is 54.1 Å². The van der Waals surface area contributed by atoms with E-state index in [1.54, 1.807) is 6.20 Å². The Morgan fingerprint density at radius 1 is 0.973 bits per heavy atom. The first-order valence-corrected chi connectivity index (χ1v) is 11.7. The Hall–Kier alpha value is -4.28. The molecule has 0 aliphatic carbocycles. The summed E-state index contributed by atoms with van der Waals surface area (Å²) in [6.45, 7) is 1.21. The molecule has 1 fully saturated rings. The molecule has 1 aliphatic heterocycles. The number of aromatic nitrogens is 1. The number of rotatable bonds is 8. The number of carbonyl (C=O) groups is 2. The number of nitrogens with one attached hydrogen (secondary N) is 2. The Bertz CT molecular complexity index is 1230. The number of benzene rings is 2. The Balaban J connectivity index is 1.40. The van der Waals surface area contributed by atoms with Crippen molar-refractivity contribution in [1.29, 1.82) is 0 Å². The molecule has 3 aromatic rings. The minimum atomic E-state index is -4.85. The molecule has 4 N–H and O–H groups in total. The summed E-state index contributed by atoms with van der Waals surface area (Å²) in [6, 6.07) is 19.1. The molecule has 0 unspecified atom stereocenters. The predicted octanol–water partition coefficient (Wildman–Crippen LogP) is 3.68. The van der Waals surface area contributed by atoms with E-state index >= 15 is 0 Å². The van der Waals surface area contributed by atoms with Crippen molar-refractivity contribution in [1.82, 2.24) is 9.88 Å². The number of anilines is 4. The SMILES string of the molecule is NC(=O)Cc1cnc(Nc2ccc(N3CCN(C(=O)C(F)(F)F)CC3)cc2)cc1NCc1ccccc1. The maximum absolute atomic E-state index is 12.7. The summed E-state index contributed by atoms with van der Waals surface area (Å²) in [6.07, 6.45) is -3.18. The normalized spacial score (nSPS) is 13.8. The van der Waals surface area contributed by atoms with E-state index in [9.17, 15) is 22.8 Å². The van der Waals surface area contributed by atoms with Gasteiger partial charge in [-0.2, -0.15) is 13.2 Å². The zero-order valence-electron chi connectivity index (χ0n) is 20.0. The number of primary amides is 1. The van der Waals surface area contributed by atoms with Crippen molar-refractivity contribution in [2.45, 2.75) is 19.1 Å². The highest BCUT2D eigenvalue weighted by atomic mass is 19.4. The van der Waals surface area contributed by atoms with Crippen LogP contribution < -0.4 is 21.3 Å². The van der Waals surface area contributed by atoms with E-state index < -0.39 is 18.0 Å². The average Bonchev–Trinajstić information content (AvgIpc) is 2.88. The summed E-state index contributed by atoms with van der Waals surface area (Å²) < 4.78 is 38.0. The number of hydrogen-bond donors (Lipinski definition) is 3. The van der Waals surface area contributed by atoms with Gasteiger partial charge < -0.3 is 26.2 Å². The smallest absolute Gasteiger partial charge is 0.381 e. The van der Waals surface area contributed by atoms with Gasteiger partial charge in [-0.05, 0) is 29.8 Å². The molecule has 2 aromatic carbocycles. The van der Waals surface area contributed by atoms with E-state index in [4.69, 9.17) is 5.73 Å². The third-order valence-corrected chi connectivity index (χ3v) is 5.99. The van der Waals surface area contributed by atoms with Crippen LogP contribution >= 0.6 is 0 Å². The minimum Gasteiger partial charge on any atom is -0.381 e. The van der Waals surface area contributed by atoms with Crippen molar-refractivity contribution < 1.29 is 22.8 Å². The summed E-state index contributed by atoms with van der Waals surface area (Å²) in [5.41, 5.74) is 9.51. The van der Waals surface area contributed by atoms with Crippen molar-refractivity contribution >= 4 is 34.7 Å². The lowest BCUT2D eigenvalue weighted by Gasteiger charge is -2.36. The van der Waals surface area contributed by atoms with Gasteiger partial charge in [0.1, 0.15) is 5.82 Å². The van der Waals surface area contributed by atoms with Gasteiger partial charge in [-0.25, -0.2) is 4.98 Å². The monoisotopic (exact) mass is 512 g/mol. The predicted molar refractivity (Wildman–Crippen MR) is 135 cm³/mol. The number of hydrogen-bond acceptors (Lipinski definition) is 6. The van der Waals surface area contributed by atoms with Crippen molar-refractivity contribution in [2.24, 2.45) is 5.73 Å². The molecule has 2 amide bonds. The van der Waals surface area contributed by atoms with Crippen molar-refractivity contribution in [3.63, 3.8) is 0 Å². The van der Waals surface area contributed by atoms with Gasteiger partial charge in [0, 0.05) is 67.6 Å². The lowest BCUT2D eigenvalue weighted by molar-refractivity contribution is -0.185. The van der Waals surface area contributed by atoms with E-state index in [1.807, 2.05) is 65.6 Å². The fourth-order valence-corrected chi connectivity index (χ4v) is 4.09. The Morgan fingerprint density at radius 2 is 1.65 bits per heavy atom. The zero-order valence-corrected chi connectivity index (χ0v) is 20.0. The molecule has 0 atom stereocenters. The van der Waals surface area contributed by atoms with Crippen LogP contribution in [-0.2, 0) is 22.6 Å². The number of nitrogens with zero attached hydrogens (tertiary/aromatic N) is 3. The lowest BCUT2D eigenvalue weighted by atomic mass is 10.1. The topological polar surface area (TPSA) is 104 Å². The molecule has 0 radical (unpaired) electrons. The first-order chi connectivity index (χ1) is 17.7. The second-order valence-corrected chi connectivity index (χ2v) is 8.66. The number of nitrogens with two attached hydrogens (primary N) is 1. The van der Waals surface area contributed by atoms with Gasteiger partial charge in [0.05, 0.1) is 6.42 Å². The third-order valence-electron chi connectivity index (χ3n) is 5.99. The molecule has 2 heterocycles. The second kappa shape index (κ2) is 11.2. The molecule has 37 heavy (non-hydrogen) atoms. The van der Waals surface area contributed by atoms with Crippen LogP contribution in [0.3, 0.4) is 0 Å². The summed E-state index contributed by atoms with van der Waals surface area (Å²) >= 11 is 0. The van der Waals surface area contributed by atoms with Crippen LogP contribution in [0.25, 0.3) is 0 Å². The molecule has 11 heteroatoms. The Labute approximate surface area is 212 Å². The van der Waals surface area contributed by atoms with Crippen molar-refractivity contribution in [2.75, 3.05) is 41.7 Å². The summed E-state index contributed by atoms with van der Waals surface area (Å²) in [5, 5.41) is 6.57. The van der Waals surface area contributed by atoms with Crippen molar-refractivity contribution in [3.8, 4) is 0 Å². The molecule has 1 saturated heterocycles. The van der Waals surface area contributed by atoms with Crippen LogP contribution in [0.4, 0.5) is 36.1 Å². The highest BCUT2D eigenvalue weighted by Crippen LogP contribution is 2.26. The van der Waals surface area contributed by atoms with E-state index in [1.165, 1.54) is 0 Å². The third kappa shape index (κ3) is 6.90. The number of carbonyl (C=O) groups excluding carboxylic acids is 2. The number of pyridine rings is 1. The number of alkyl halides is 3. The summed E-state index contributed by atoms with van der Waals surface area (Å²) in [4.78, 5) is 30.1. The van der Waals surface area contributed by atoms with Gasteiger partial charge in [-0.15, -0.1) is 0 Å². The fraction of sp³-hybridized carbons (Fsp3) is 0.269. The van der Waals surface area contributed by atoms with Gasteiger partial charge in [0.15, 0.2) is 0 Å². The highest BCUT2D eigenvalue weighted by molar-refractivity contribution is 5.82. The zero-order chi connectivity index (χ0) is 26.4. The van der Waals surface area contributed by atoms with E-state index in [-0.39, 0.29) is 19.5 Å². The number of amides is 2. The molecule has 1 aliphatic rings. The van der Waals surface area contributed by atoms with E-state index in [0.717, 1.165) is 27.5 Å².